The molecule has 3 aromatic carbocycles. The highest BCUT2D eigenvalue weighted by molar-refractivity contribution is 7.89. The van der Waals surface area contributed by atoms with Gasteiger partial charge in [0.1, 0.15) is 11.5 Å². The lowest BCUT2D eigenvalue weighted by Gasteiger charge is -2.26. The number of hydrogen-bond acceptors (Lipinski definition) is 5. The van der Waals surface area contributed by atoms with E-state index in [1.54, 1.807) is 48.5 Å². The molecule has 0 aromatic heterocycles. The largest absolute Gasteiger partial charge is 0.457 e. The van der Waals surface area contributed by atoms with Crippen molar-refractivity contribution in [2.75, 3.05) is 31.6 Å². The number of hydrogen-bond donors (Lipinski definition) is 1. The van der Waals surface area contributed by atoms with E-state index in [9.17, 15) is 13.2 Å². The third-order valence-electron chi connectivity index (χ3n) is 5.17. The Balaban J connectivity index is 1.58. The third-order valence-corrected chi connectivity index (χ3v) is 7.06. The maximum absolute atomic E-state index is 13.1. The summed E-state index contributed by atoms with van der Waals surface area (Å²) in [4.78, 5) is 13.2. The van der Waals surface area contributed by atoms with Gasteiger partial charge in [-0.15, -0.1) is 0 Å². The van der Waals surface area contributed by atoms with Crippen molar-refractivity contribution >= 4 is 21.6 Å². The summed E-state index contributed by atoms with van der Waals surface area (Å²) >= 11 is 0. The molecule has 1 heterocycles. The first-order chi connectivity index (χ1) is 15.4. The van der Waals surface area contributed by atoms with Crippen molar-refractivity contribution in [2.24, 2.45) is 0 Å². The molecule has 1 amide bonds. The normalized spacial score (nSPS) is 14.7. The number of carbonyl (C=O) groups is 1. The van der Waals surface area contributed by atoms with Crippen molar-refractivity contribution in [3.8, 4) is 11.5 Å². The number of aryl methyl sites for hydroxylation is 1. The Kier molecular flexibility index (Phi) is 6.55. The number of morpholine rings is 1. The van der Waals surface area contributed by atoms with Gasteiger partial charge >= 0.3 is 0 Å². The lowest BCUT2D eigenvalue weighted by Crippen LogP contribution is -2.40. The van der Waals surface area contributed by atoms with E-state index in [1.165, 1.54) is 10.4 Å². The molecule has 0 spiro atoms. The van der Waals surface area contributed by atoms with Gasteiger partial charge in [-0.25, -0.2) is 8.42 Å². The number of carbonyl (C=O) groups excluding carboxylic acids is 1. The number of nitrogens with zero attached hydrogens (tertiary/aromatic N) is 1. The standard InChI is InChI=1S/C24H24N2O5S/c1-18-11-12-20(32(28,29)26-13-15-30-16-14-26)17-22(18)25-24(27)21-9-5-6-10-23(21)31-19-7-3-2-4-8-19/h2-12,17H,13-16H2,1H3,(H,25,27). The highest BCUT2D eigenvalue weighted by Crippen LogP contribution is 2.28. The van der Waals surface area contributed by atoms with Crippen LogP contribution in [-0.4, -0.2) is 44.9 Å². The van der Waals surface area contributed by atoms with Gasteiger partial charge in [-0.2, -0.15) is 4.31 Å². The minimum Gasteiger partial charge on any atom is -0.457 e. The van der Waals surface area contributed by atoms with E-state index >= 15 is 0 Å². The number of para-hydroxylation sites is 2. The van der Waals surface area contributed by atoms with Crippen molar-refractivity contribution in [1.82, 2.24) is 4.31 Å². The SMILES string of the molecule is Cc1ccc(S(=O)(=O)N2CCOCC2)cc1NC(=O)c1ccccc1Oc1ccccc1. The number of nitrogens with one attached hydrogen (secondary N) is 1. The first kappa shape index (κ1) is 22.0. The Bertz CT molecular complexity index is 1210. The number of sulfonamides is 1. The minimum atomic E-state index is -3.67. The smallest absolute Gasteiger partial charge is 0.259 e. The Morgan fingerprint density at radius 2 is 1.66 bits per heavy atom. The average molecular weight is 453 g/mol. The van der Waals surface area contributed by atoms with Crippen molar-refractivity contribution < 1.29 is 22.7 Å². The van der Waals surface area contributed by atoms with Gasteiger partial charge in [0.2, 0.25) is 10.0 Å². The van der Waals surface area contributed by atoms with E-state index in [4.69, 9.17) is 9.47 Å². The summed E-state index contributed by atoms with van der Waals surface area (Å²) < 4.78 is 38.5. The highest BCUT2D eigenvalue weighted by atomic mass is 32.2. The van der Waals surface area contributed by atoms with Crippen molar-refractivity contribution in [1.29, 1.82) is 0 Å². The highest BCUT2D eigenvalue weighted by Gasteiger charge is 2.27. The monoisotopic (exact) mass is 452 g/mol. The van der Waals surface area contributed by atoms with Crippen LogP contribution < -0.4 is 10.1 Å². The zero-order valence-corrected chi connectivity index (χ0v) is 18.5. The Morgan fingerprint density at radius 3 is 2.41 bits per heavy atom. The summed E-state index contributed by atoms with van der Waals surface area (Å²) in [5, 5.41) is 2.84. The maximum atomic E-state index is 13.1. The minimum absolute atomic E-state index is 0.133. The van der Waals surface area contributed by atoms with Crippen LogP contribution in [0.1, 0.15) is 15.9 Å². The molecule has 0 radical (unpaired) electrons. The predicted molar refractivity (Wildman–Crippen MR) is 122 cm³/mol. The predicted octanol–water partition coefficient (Wildman–Crippen LogP) is 4.06. The van der Waals surface area contributed by atoms with Crippen LogP contribution in [0.15, 0.2) is 77.7 Å². The molecular weight excluding hydrogens is 428 g/mol. The molecule has 0 bridgehead atoms. The van der Waals surface area contributed by atoms with E-state index in [-0.39, 0.29) is 10.8 Å². The van der Waals surface area contributed by atoms with Crippen molar-refractivity contribution in [3.63, 3.8) is 0 Å². The van der Waals surface area contributed by atoms with Gasteiger partial charge in [0.05, 0.1) is 23.7 Å². The van der Waals surface area contributed by atoms with Crippen LogP contribution in [0.4, 0.5) is 5.69 Å². The van der Waals surface area contributed by atoms with Crippen LogP contribution in [0, 0.1) is 6.92 Å². The summed E-state index contributed by atoms with van der Waals surface area (Å²) in [7, 11) is -3.67. The van der Waals surface area contributed by atoms with Gasteiger partial charge in [-0.05, 0) is 48.9 Å². The summed E-state index contributed by atoms with van der Waals surface area (Å²) in [5.41, 5.74) is 1.52. The quantitative estimate of drug-likeness (QED) is 0.610. The van der Waals surface area contributed by atoms with Gasteiger partial charge in [0.25, 0.3) is 5.91 Å². The zero-order chi connectivity index (χ0) is 22.6. The van der Waals surface area contributed by atoms with Crippen LogP contribution in [0.25, 0.3) is 0 Å². The first-order valence-electron chi connectivity index (χ1n) is 10.3. The van der Waals surface area contributed by atoms with E-state index in [2.05, 4.69) is 5.32 Å². The zero-order valence-electron chi connectivity index (χ0n) is 17.7. The van der Waals surface area contributed by atoms with Gasteiger partial charge in [-0.3, -0.25) is 4.79 Å². The van der Waals surface area contributed by atoms with Crippen LogP contribution >= 0.6 is 0 Å². The summed E-state index contributed by atoms with van der Waals surface area (Å²) in [6, 6.07) is 20.9. The molecule has 7 nitrogen and oxygen atoms in total. The van der Waals surface area contributed by atoms with E-state index in [0.29, 0.717) is 49.1 Å². The Morgan fingerprint density at radius 1 is 0.969 bits per heavy atom. The number of amides is 1. The molecule has 3 aromatic rings. The second kappa shape index (κ2) is 9.52. The number of benzene rings is 3. The Labute approximate surface area is 187 Å². The van der Waals surface area contributed by atoms with Crippen LogP contribution in [0.5, 0.6) is 11.5 Å². The van der Waals surface area contributed by atoms with E-state index in [0.717, 1.165) is 5.56 Å². The molecule has 1 saturated heterocycles. The molecule has 0 atom stereocenters. The lowest BCUT2D eigenvalue weighted by molar-refractivity contribution is 0.0730. The molecule has 1 fully saturated rings. The molecule has 0 aliphatic carbocycles. The molecule has 0 unspecified atom stereocenters. The van der Waals surface area contributed by atoms with Crippen molar-refractivity contribution in [2.45, 2.75) is 11.8 Å². The molecule has 32 heavy (non-hydrogen) atoms. The molecule has 1 aliphatic rings. The van der Waals surface area contributed by atoms with E-state index < -0.39 is 10.0 Å². The second-order valence-corrected chi connectivity index (χ2v) is 9.30. The molecule has 0 saturated carbocycles. The summed E-state index contributed by atoms with van der Waals surface area (Å²) in [5.74, 6) is 0.633. The number of ether oxygens (including phenoxy) is 2. The fourth-order valence-corrected chi connectivity index (χ4v) is 4.82. The lowest BCUT2D eigenvalue weighted by atomic mass is 10.1. The van der Waals surface area contributed by atoms with Gasteiger partial charge in [-0.1, -0.05) is 36.4 Å². The molecule has 166 valence electrons. The van der Waals surface area contributed by atoms with Crippen molar-refractivity contribution in [3.05, 3.63) is 83.9 Å². The average Bonchev–Trinajstić information content (AvgIpc) is 2.82. The molecule has 1 N–H and O–H groups in total. The van der Waals surface area contributed by atoms with E-state index in [1.807, 2.05) is 25.1 Å². The van der Waals surface area contributed by atoms with Gasteiger partial charge in [0.15, 0.2) is 0 Å². The molecule has 4 rings (SSSR count). The van der Waals surface area contributed by atoms with Crippen LogP contribution in [0.2, 0.25) is 0 Å². The first-order valence-corrected chi connectivity index (χ1v) is 11.7. The van der Waals surface area contributed by atoms with Gasteiger partial charge in [0, 0.05) is 18.8 Å². The molecule has 8 heteroatoms. The third kappa shape index (κ3) is 4.83. The fraction of sp³-hybridized carbons (Fsp3) is 0.208. The number of rotatable bonds is 6. The van der Waals surface area contributed by atoms with Crippen LogP contribution in [-0.2, 0) is 14.8 Å². The molecule has 1 aliphatic heterocycles. The second-order valence-electron chi connectivity index (χ2n) is 7.36. The summed E-state index contributed by atoms with van der Waals surface area (Å²) in [6.07, 6.45) is 0. The topological polar surface area (TPSA) is 84.9 Å². The fourth-order valence-electron chi connectivity index (χ4n) is 3.38. The van der Waals surface area contributed by atoms with Gasteiger partial charge < -0.3 is 14.8 Å². The van der Waals surface area contributed by atoms with Crippen LogP contribution in [0.3, 0.4) is 0 Å². The Hall–Kier alpha value is -3.20. The summed E-state index contributed by atoms with van der Waals surface area (Å²) in [6.45, 7) is 3.16. The maximum Gasteiger partial charge on any atom is 0.259 e. The molecular formula is C24H24N2O5S. The number of anilines is 1.